The standard InChI is InChI=1S/C22H20F3NO4/c1-4-9-30-22(29)11(2)18-12(3)26(16-7-8-17(27)20(25)19(16)18)21(28)13-5-6-14(23)15(24)10-13/h5-8,10-11,27H,4,9H2,1-3H3/t11-/m1/s1. The molecule has 1 heterocycles. The summed E-state index contributed by atoms with van der Waals surface area (Å²) < 4.78 is 48.1. The SMILES string of the molecule is CCCOC(=O)[C@H](C)c1c(C)n(C(=O)c2ccc(F)c(F)c2)c2ccc(O)c(F)c12. The van der Waals surface area contributed by atoms with Crippen LogP contribution in [0.2, 0.25) is 0 Å². The van der Waals surface area contributed by atoms with E-state index in [1.807, 2.05) is 6.92 Å². The summed E-state index contributed by atoms with van der Waals surface area (Å²) in [5.74, 6) is -6.22. The minimum atomic E-state index is -1.20. The van der Waals surface area contributed by atoms with Gasteiger partial charge in [0.2, 0.25) is 0 Å². The first kappa shape index (κ1) is 21.4. The number of carbonyl (C=O) groups excluding carboxylic acids is 2. The minimum Gasteiger partial charge on any atom is -0.505 e. The van der Waals surface area contributed by atoms with E-state index in [1.165, 1.54) is 19.9 Å². The topological polar surface area (TPSA) is 68.5 Å². The third-order valence-corrected chi connectivity index (χ3v) is 4.94. The number of aromatic hydroxyl groups is 1. The van der Waals surface area contributed by atoms with Gasteiger partial charge in [-0.15, -0.1) is 0 Å². The second-order valence-corrected chi connectivity index (χ2v) is 6.95. The molecule has 0 aliphatic rings. The Morgan fingerprint density at radius 2 is 1.83 bits per heavy atom. The zero-order valence-corrected chi connectivity index (χ0v) is 16.6. The lowest BCUT2D eigenvalue weighted by molar-refractivity contribution is -0.145. The largest absolute Gasteiger partial charge is 0.505 e. The van der Waals surface area contributed by atoms with Crippen LogP contribution in [-0.2, 0) is 9.53 Å². The quantitative estimate of drug-likeness (QED) is 0.602. The molecule has 0 spiro atoms. The molecule has 30 heavy (non-hydrogen) atoms. The van der Waals surface area contributed by atoms with E-state index >= 15 is 0 Å². The third kappa shape index (κ3) is 3.53. The van der Waals surface area contributed by atoms with Crippen molar-refractivity contribution in [2.24, 2.45) is 0 Å². The van der Waals surface area contributed by atoms with Crippen LogP contribution in [0, 0.1) is 24.4 Å². The maximum absolute atomic E-state index is 14.9. The first-order valence-electron chi connectivity index (χ1n) is 9.37. The van der Waals surface area contributed by atoms with E-state index in [0.717, 1.165) is 28.8 Å². The molecule has 0 saturated heterocycles. The van der Waals surface area contributed by atoms with Crippen molar-refractivity contribution >= 4 is 22.8 Å². The fraction of sp³-hybridized carbons (Fsp3) is 0.273. The number of fused-ring (bicyclic) bond motifs is 1. The van der Waals surface area contributed by atoms with Crippen molar-refractivity contribution < 1.29 is 32.6 Å². The van der Waals surface area contributed by atoms with E-state index in [9.17, 15) is 27.9 Å². The summed E-state index contributed by atoms with van der Waals surface area (Å²) in [5, 5.41) is 9.74. The average molecular weight is 419 g/mol. The fourth-order valence-corrected chi connectivity index (χ4v) is 3.47. The molecule has 0 aliphatic carbocycles. The first-order chi connectivity index (χ1) is 14.2. The zero-order chi connectivity index (χ0) is 22.2. The molecule has 0 amide bonds. The number of ether oxygens (including phenoxy) is 1. The maximum atomic E-state index is 14.9. The molecule has 0 unspecified atom stereocenters. The van der Waals surface area contributed by atoms with Crippen molar-refractivity contribution in [1.29, 1.82) is 0 Å². The normalized spacial score (nSPS) is 12.2. The van der Waals surface area contributed by atoms with Crippen molar-refractivity contribution in [3.05, 3.63) is 64.6 Å². The summed E-state index contributed by atoms with van der Waals surface area (Å²) in [7, 11) is 0. The molecular weight excluding hydrogens is 399 g/mol. The second kappa shape index (κ2) is 8.22. The van der Waals surface area contributed by atoms with Gasteiger partial charge in [-0.25, -0.2) is 13.2 Å². The lowest BCUT2D eigenvalue weighted by Gasteiger charge is -2.13. The Morgan fingerprint density at radius 1 is 1.13 bits per heavy atom. The monoisotopic (exact) mass is 419 g/mol. The smallest absolute Gasteiger partial charge is 0.313 e. The molecule has 0 saturated carbocycles. The van der Waals surface area contributed by atoms with Gasteiger partial charge < -0.3 is 9.84 Å². The molecular formula is C22H20F3NO4. The van der Waals surface area contributed by atoms with E-state index < -0.39 is 41.0 Å². The van der Waals surface area contributed by atoms with Crippen molar-refractivity contribution in [2.75, 3.05) is 6.61 Å². The number of esters is 1. The molecule has 1 N–H and O–H groups in total. The van der Waals surface area contributed by atoms with Gasteiger partial charge in [0.15, 0.2) is 23.2 Å². The predicted octanol–water partition coefficient (Wildman–Crippen LogP) is 4.82. The zero-order valence-electron chi connectivity index (χ0n) is 16.6. The number of phenols is 1. The van der Waals surface area contributed by atoms with Gasteiger partial charge in [-0.05, 0) is 56.2 Å². The van der Waals surface area contributed by atoms with Gasteiger partial charge in [-0.1, -0.05) is 6.92 Å². The highest BCUT2D eigenvalue weighted by atomic mass is 19.2. The number of rotatable bonds is 5. The molecule has 8 heteroatoms. The molecule has 1 atom stereocenters. The summed E-state index contributed by atoms with van der Waals surface area (Å²) in [6.07, 6.45) is 0.600. The molecule has 1 aromatic heterocycles. The van der Waals surface area contributed by atoms with Crippen LogP contribution in [0.1, 0.15) is 47.8 Å². The average Bonchev–Trinajstić information content (AvgIpc) is 3.02. The minimum absolute atomic E-state index is 0.0858. The number of nitrogens with zero attached hydrogens (tertiary/aromatic N) is 1. The maximum Gasteiger partial charge on any atom is 0.313 e. The molecule has 0 bridgehead atoms. The van der Waals surface area contributed by atoms with Crippen LogP contribution in [-0.4, -0.2) is 28.2 Å². The number of hydrogen-bond donors (Lipinski definition) is 1. The Bertz CT molecular complexity index is 1150. The van der Waals surface area contributed by atoms with Gasteiger partial charge in [0.25, 0.3) is 5.91 Å². The van der Waals surface area contributed by atoms with Crippen LogP contribution in [0.5, 0.6) is 5.75 Å². The van der Waals surface area contributed by atoms with E-state index in [-0.39, 0.29) is 34.3 Å². The highest BCUT2D eigenvalue weighted by Crippen LogP contribution is 2.37. The van der Waals surface area contributed by atoms with E-state index in [1.54, 1.807) is 0 Å². The molecule has 0 aliphatic heterocycles. The van der Waals surface area contributed by atoms with Gasteiger partial charge in [0.1, 0.15) is 0 Å². The van der Waals surface area contributed by atoms with Crippen LogP contribution in [0.3, 0.4) is 0 Å². The summed E-state index contributed by atoms with van der Waals surface area (Å²) in [4.78, 5) is 25.5. The first-order valence-corrected chi connectivity index (χ1v) is 9.37. The molecule has 3 rings (SSSR count). The van der Waals surface area contributed by atoms with Crippen molar-refractivity contribution in [3.63, 3.8) is 0 Å². The van der Waals surface area contributed by atoms with E-state index in [2.05, 4.69) is 0 Å². The van der Waals surface area contributed by atoms with Crippen LogP contribution >= 0.6 is 0 Å². The van der Waals surface area contributed by atoms with Crippen LogP contribution < -0.4 is 0 Å². The van der Waals surface area contributed by atoms with Crippen LogP contribution in [0.15, 0.2) is 30.3 Å². The number of halogens is 3. The molecule has 5 nitrogen and oxygen atoms in total. The van der Waals surface area contributed by atoms with Gasteiger partial charge in [-0.2, -0.15) is 0 Å². The molecule has 0 radical (unpaired) electrons. The van der Waals surface area contributed by atoms with Crippen molar-refractivity contribution in [2.45, 2.75) is 33.1 Å². The van der Waals surface area contributed by atoms with Crippen molar-refractivity contribution in [1.82, 2.24) is 4.57 Å². The molecule has 0 fully saturated rings. The van der Waals surface area contributed by atoms with Crippen LogP contribution in [0.25, 0.3) is 10.9 Å². The number of benzene rings is 2. The van der Waals surface area contributed by atoms with Crippen molar-refractivity contribution in [3.8, 4) is 5.75 Å². The number of aromatic nitrogens is 1. The Hall–Kier alpha value is -3.29. The Kier molecular flexibility index (Phi) is 5.87. The van der Waals surface area contributed by atoms with E-state index in [0.29, 0.717) is 6.42 Å². The molecule has 3 aromatic rings. The summed E-state index contributed by atoms with van der Waals surface area (Å²) >= 11 is 0. The van der Waals surface area contributed by atoms with E-state index in [4.69, 9.17) is 4.74 Å². The Labute approximate surface area is 170 Å². The van der Waals surface area contributed by atoms with Gasteiger partial charge in [-0.3, -0.25) is 14.2 Å². The van der Waals surface area contributed by atoms with Gasteiger partial charge in [0, 0.05) is 16.6 Å². The number of phenolic OH excluding ortho intramolecular Hbond substituents is 1. The highest BCUT2D eigenvalue weighted by Gasteiger charge is 2.30. The lowest BCUT2D eigenvalue weighted by Crippen LogP contribution is -2.17. The number of hydrogen-bond acceptors (Lipinski definition) is 4. The summed E-state index contributed by atoms with van der Waals surface area (Å²) in [6.45, 7) is 5.03. The van der Waals surface area contributed by atoms with Gasteiger partial charge in [0.05, 0.1) is 18.0 Å². The van der Waals surface area contributed by atoms with Gasteiger partial charge >= 0.3 is 5.97 Å². The number of carbonyl (C=O) groups is 2. The Balaban J connectivity index is 2.24. The highest BCUT2D eigenvalue weighted by molar-refractivity contribution is 6.05. The summed E-state index contributed by atoms with van der Waals surface area (Å²) in [5.41, 5.74) is 0.332. The second-order valence-electron chi connectivity index (χ2n) is 6.95. The lowest BCUT2D eigenvalue weighted by atomic mass is 9.97. The molecule has 2 aromatic carbocycles. The third-order valence-electron chi connectivity index (χ3n) is 4.94. The Morgan fingerprint density at radius 3 is 2.47 bits per heavy atom. The predicted molar refractivity (Wildman–Crippen MR) is 104 cm³/mol. The van der Waals surface area contributed by atoms with Crippen LogP contribution in [0.4, 0.5) is 13.2 Å². The molecule has 158 valence electrons. The summed E-state index contributed by atoms with van der Waals surface area (Å²) in [6, 6.07) is 5.09. The fourth-order valence-electron chi connectivity index (χ4n) is 3.47.